The first-order valence-electron chi connectivity index (χ1n) is 15.9. The molecule has 2 aromatic carbocycles. The highest BCUT2D eigenvalue weighted by Gasteiger charge is 2.55. The lowest BCUT2D eigenvalue weighted by Crippen LogP contribution is -2.70. The van der Waals surface area contributed by atoms with Crippen LogP contribution in [0.25, 0.3) is 10.2 Å². The van der Waals surface area contributed by atoms with E-state index in [2.05, 4.69) is 25.9 Å². The molecule has 51 heavy (non-hydrogen) atoms. The van der Waals surface area contributed by atoms with E-state index in [9.17, 15) is 34.2 Å². The van der Waals surface area contributed by atoms with Crippen molar-refractivity contribution >= 4 is 80.4 Å². The highest BCUT2D eigenvalue weighted by Crippen LogP contribution is 2.47. The SMILES string of the molecule is O=C(CC(C(=C1CCNC1=O)C1=C(C(=O)O)N2C(=O)[C@@H](NC(=O)CSc3nc4ccccc4s3)[C@H]2SC1)c1ccncc1)Nc1ccc(O)cc1. The molecule has 3 aliphatic heterocycles. The lowest BCUT2D eigenvalue weighted by atomic mass is 9.80. The van der Waals surface area contributed by atoms with E-state index in [1.807, 2.05) is 24.3 Å². The minimum absolute atomic E-state index is 0.0268. The van der Waals surface area contributed by atoms with Gasteiger partial charge in [-0.3, -0.25) is 29.1 Å². The van der Waals surface area contributed by atoms with Gasteiger partial charge in [-0.1, -0.05) is 23.9 Å². The molecule has 3 aliphatic rings. The second-order valence-corrected chi connectivity index (χ2v) is 15.2. The third-order valence-electron chi connectivity index (χ3n) is 8.67. The summed E-state index contributed by atoms with van der Waals surface area (Å²) in [5, 5.41) is 28.0. The van der Waals surface area contributed by atoms with E-state index in [1.165, 1.54) is 51.9 Å². The molecule has 0 radical (unpaired) electrons. The topological polar surface area (TPSA) is 191 Å². The summed E-state index contributed by atoms with van der Waals surface area (Å²) >= 11 is 4.02. The number of aromatic hydroxyl groups is 1. The second-order valence-electron chi connectivity index (χ2n) is 11.9. The third-order valence-corrected chi connectivity index (χ3v) is 12.1. The van der Waals surface area contributed by atoms with Gasteiger partial charge in [0, 0.05) is 48.3 Å². The molecule has 260 valence electrons. The fourth-order valence-corrected chi connectivity index (χ4v) is 9.63. The van der Waals surface area contributed by atoms with Crippen molar-refractivity contribution in [1.82, 2.24) is 25.5 Å². The summed E-state index contributed by atoms with van der Waals surface area (Å²) in [6.45, 7) is 0.331. The Morgan fingerprint density at radius 3 is 2.51 bits per heavy atom. The first-order valence-corrected chi connectivity index (χ1v) is 18.7. The number of phenolic OH excluding ortho intramolecular Hbond substituents is 1. The molecule has 2 aromatic heterocycles. The summed E-state index contributed by atoms with van der Waals surface area (Å²) in [4.78, 5) is 76.2. The van der Waals surface area contributed by atoms with Crippen LogP contribution in [0.5, 0.6) is 5.75 Å². The molecule has 2 saturated heterocycles. The van der Waals surface area contributed by atoms with Crippen molar-refractivity contribution in [3.05, 3.63) is 101 Å². The fraction of sp³-hybridized carbons (Fsp3) is 0.229. The van der Waals surface area contributed by atoms with Crippen LogP contribution in [0.2, 0.25) is 0 Å². The molecule has 0 saturated carbocycles. The summed E-state index contributed by atoms with van der Waals surface area (Å²) in [6, 6.07) is 16.1. The number of thioether (sulfide) groups is 2. The van der Waals surface area contributed by atoms with Crippen LogP contribution in [0.1, 0.15) is 24.3 Å². The molecule has 2 fully saturated rings. The van der Waals surface area contributed by atoms with Gasteiger partial charge in [-0.25, -0.2) is 9.78 Å². The number of amides is 4. The number of hydrogen-bond acceptors (Lipinski definition) is 11. The molecule has 4 amide bonds. The van der Waals surface area contributed by atoms with E-state index in [0.717, 1.165) is 14.6 Å². The first-order chi connectivity index (χ1) is 24.7. The van der Waals surface area contributed by atoms with Crippen molar-refractivity contribution in [2.75, 3.05) is 23.4 Å². The van der Waals surface area contributed by atoms with E-state index in [0.29, 0.717) is 35.4 Å². The zero-order valence-electron chi connectivity index (χ0n) is 26.7. The summed E-state index contributed by atoms with van der Waals surface area (Å²) in [6.07, 6.45) is 3.23. The average molecular weight is 743 g/mol. The number of aromatic nitrogens is 2. The molecule has 0 spiro atoms. The van der Waals surface area contributed by atoms with Crippen molar-refractivity contribution in [2.45, 2.75) is 34.5 Å². The smallest absolute Gasteiger partial charge is 0.352 e. The molecule has 7 rings (SSSR count). The van der Waals surface area contributed by atoms with Crippen molar-refractivity contribution in [3.8, 4) is 5.75 Å². The van der Waals surface area contributed by atoms with Gasteiger partial charge in [0.1, 0.15) is 22.9 Å². The maximum Gasteiger partial charge on any atom is 0.352 e. The Hall–Kier alpha value is -5.19. The van der Waals surface area contributed by atoms with E-state index in [4.69, 9.17) is 0 Å². The summed E-state index contributed by atoms with van der Waals surface area (Å²) in [5.74, 6) is -3.72. The fourth-order valence-electron chi connectivity index (χ4n) is 6.39. The van der Waals surface area contributed by atoms with Gasteiger partial charge >= 0.3 is 5.97 Å². The van der Waals surface area contributed by atoms with Crippen LogP contribution in [0.4, 0.5) is 5.69 Å². The average Bonchev–Trinajstić information content (AvgIpc) is 3.76. The number of anilines is 1. The number of pyridine rings is 1. The third kappa shape index (κ3) is 7.07. The Bertz CT molecular complexity index is 2090. The van der Waals surface area contributed by atoms with E-state index in [1.54, 1.807) is 36.7 Å². The van der Waals surface area contributed by atoms with Gasteiger partial charge in [-0.2, -0.15) is 0 Å². The largest absolute Gasteiger partial charge is 0.508 e. The quantitative estimate of drug-likeness (QED) is 0.0649. The molecule has 5 N–H and O–H groups in total. The van der Waals surface area contributed by atoms with Gasteiger partial charge in [-0.15, -0.1) is 23.1 Å². The number of carboxylic acids is 1. The zero-order chi connectivity index (χ0) is 35.6. The Labute approximate surface area is 303 Å². The lowest BCUT2D eigenvalue weighted by molar-refractivity contribution is -0.150. The molecule has 3 atom stereocenters. The predicted octanol–water partition coefficient (Wildman–Crippen LogP) is 3.86. The van der Waals surface area contributed by atoms with Gasteiger partial charge in [-0.05, 0) is 71.7 Å². The number of rotatable bonds is 11. The van der Waals surface area contributed by atoms with Crippen molar-refractivity contribution in [2.24, 2.45) is 0 Å². The minimum Gasteiger partial charge on any atom is -0.508 e. The number of nitrogens with zero attached hydrogens (tertiary/aromatic N) is 3. The number of thiazole rings is 1. The number of hydrogen-bond donors (Lipinski definition) is 5. The number of benzene rings is 2. The number of allylic oxidation sites excluding steroid dienone is 1. The Morgan fingerprint density at radius 2 is 1.80 bits per heavy atom. The van der Waals surface area contributed by atoms with Gasteiger partial charge in [0.15, 0.2) is 4.34 Å². The normalized spacial score (nSPS) is 20.0. The maximum absolute atomic E-state index is 13.6. The number of phenols is 1. The Balaban J connectivity index is 1.17. The number of carbonyl (C=O) groups is 5. The Morgan fingerprint density at radius 1 is 1.04 bits per heavy atom. The molecule has 16 heteroatoms. The van der Waals surface area contributed by atoms with Crippen LogP contribution in [-0.4, -0.2) is 84.1 Å². The highest BCUT2D eigenvalue weighted by molar-refractivity contribution is 8.01. The summed E-state index contributed by atoms with van der Waals surface area (Å²) < 4.78 is 1.72. The predicted molar refractivity (Wildman–Crippen MR) is 193 cm³/mol. The number of fused-ring (bicyclic) bond motifs is 2. The zero-order valence-corrected chi connectivity index (χ0v) is 29.1. The van der Waals surface area contributed by atoms with Gasteiger partial charge in [0.05, 0.1) is 16.0 Å². The number of β-lactam (4-membered cyclic amide) rings is 1. The number of nitrogens with one attached hydrogen (secondary N) is 3. The molecule has 4 aromatic rings. The lowest BCUT2D eigenvalue weighted by Gasteiger charge is -2.50. The summed E-state index contributed by atoms with van der Waals surface area (Å²) in [5.41, 5.74) is 2.60. The van der Waals surface area contributed by atoms with Crippen molar-refractivity contribution < 1.29 is 34.2 Å². The second kappa shape index (κ2) is 14.6. The van der Waals surface area contributed by atoms with Crippen LogP contribution < -0.4 is 16.0 Å². The van der Waals surface area contributed by atoms with E-state index in [-0.39, 0.29) is 46.8 Å². The van der Waals surface area contributed by atoms with Gasteiger partial charge < -0.3 is 26.2 Å². The van der Waals surface area contributed by atoms with Crippen LogP contribution in [0.15, 0.2) is 99.8 Å². The van der Waals surface area contributed by atoms with E-state index >= 15 is 0 Å². The van der Waals surface area contributed by atoms with Gasteiger partial charge in [0.2, 0.25) is 17.7 Å². The first kappa shape index (κ1) is 34.3. The highest BCUT2D eigenvalue weighted by atomic mass is 32.2. The molecular weight excluding hydrogens is 713 g/mol. The summed E-state index contributed by atoms with van der Waals surface area (Å²) in [7, 11) is 0. The van der Waals surface area contributed by atoms with Crippen LogP contribution in [-0.2, 0) is 24.0 Å². The van der Waals surface area contributed by atoms with Crippen LogP contribution in [0, 0.1) is 0 Å². The minimum atomic E-state index is -1.36. The molecule has 1 unspecified atom stereocenters. The molecular formula is C35H30N6O7S3. The van der Waals surface area contributed by atoms with Crippen LogP contribution >= 0.6 is 34.9 Å². The standard InChI is InChI=1S/C35H30N6O7S3/c42-20-7-5-19(6-8-20)38-26(43)15-22(18-9-12-36-13-10-18)28(21-11-14-37-31(21)45)23-16-49-33-29(32(46)41(33)30(23)34(47)48)40-27(44)17-50-35-39-24-3-1-2-4-25(24)51-35/h1-10,12-13,22,29,33,42H,11,14-17H2,(H,37,45)(H,38,43)(H,40,44)(H,47,48)/t22?,29-,33-/m1/s1. The van der Waals surface area contributed by atoms with Crippen molar-refractivity contribution in [3.63, 3.8) is 0 Å². The molecule has 5 heterocycles. The Kier molecular flexibility index (Phi) is 9.79. The van der Waals surface area contributed by atoms with Gasteiger partial charge in [0.25, 0.3) is 5.91 Å². The number of carbonyl (C=O) groups excluding carboxylic acids is 4. The van der Waals surface area contributed by atoms with E-state index < -0.39 is 35.1 Å². The number of carboxylic acid groups (broad SMARTS) is 1. The maximum atomic E-state index is 13.6. The molecule has 0 bridgehead atoms. The molecule has 0 aliphatic carbocycles. The van der Waals surface area contributed by atoms with Crippen molar-refractivity contribution in [1.29, 1.82) is 0 Å². The monoisotopic (exact) mass is 742 g/mol. The number of aliphatic carboxylic acids is 1. The number of para-hydroxylation sites is 1. The van der Waals surface area contributed by atoms with Crippen LogP contribution in [0.3, 0.4) is 0 Å². The molecule has 13 nitrogen and oxygen atoms in total.